The predicted molar refractivity (Wildman–Crippen MR) is 115 cm³/mol. The van der Waals surface area contributed by atoms with E-state index in [2.05, 4.69) is 0 Å². The third-order valence-corrected chi connectivity index (χ3v) is 5.91. The lowest BCUT2D eigenvalue weighted by Crippen LogP contribution is -2.64. The van der Waals surface area contributed by atoms with Crippen molar-refractivity contribution in [2.75, 3.05) is 13.2 Å². The number of aliphatic hydroxyl groups is 6. The first-order valence-corrected chi connectivity index (χ1v) is 11.1. The number of allylic oxidation sites excluding steroid dienone is 2. The van der Waals surface area contributed by atoms with Crippen molar-refractivity contribution >= 4 is 11.9 Å². The number of esters is 2. The Bertz CT molecular complexity index is 728. The molecule has 2 aliphatic heterocycles. The molecule has 0 saturated carbocycles. The Kier molecular flexibility index (Phi) is 10.8. The summed E-state index contributed by atoms with van der Waals surface area (Å²) >= 11 is 0. The molecule has 0 aromatic rings. The van der Waals surface area contributed by atoms with E-state index in [1.54, 1.807) is 13.8 Å². The molecule has 200 valence electrons. The van der Waals surface area contributed by atoms with E-state index in [1.807, 2.05) is 0 Å². The normalized spacial score (nSPS) is 38.7. The van der Waals surface area contributed by atoms with Gasteiger partial charge < -0.3 is 54.3 Å². The van der Waals surface area contributed by atoms with E-state index < -0.39 is 86.6 Å². The third-order valence-electron chi connectivity index (χ3n) is 5.91. The summed E-state index contributed by atoms with van der Waals surface area (Å²) in [4.78, 5) is 24.2. The average molecular weight is 507 g/mol. The van der Waals surface area contributed by atoms with Crippen molar-refractivity contribution in [3.05, 3.63) is 23.3 Å². The van der Waals surface area contributed by atoms with Crippen LogP contribution in [0.25, 0.3) is 0 Å². The predicted octanol–water partition coefficient (Wildman–Crippen LogP) is -2.36. The van der Waals surface area contributed by atoms with Gasteiger partial charge in [0.05, 0.1) is 13.2 Å². The molecule has 2 fully saturated rings. The van der Waals surface area contributed by atoms with Gasteiger partial charge >= 0.3 is 11.9 Å². The van der Waals surface area contributed by atoms with Crippen LogP contribution < -0.4 is 0 Å². The molecule has 10 atom stereocenters. The number of aliphatic hydroxyl groups excluding tert-OH is 6. The minimum Gasteiger partial charge on any atom is -0.453 e. The maximum Gasteiger partial charge on any atom is 0.333 e. The number of hydrogen-bond donors (Lipinski definition) is 6. The summed E-state index contributed by atoms with van der Waals surface area (Å²) in [5.41, 5.74) is 0.453. The number of ether oxygens (including phenoxy) is 5. The van der Waals surface area contributed by atoms with Gasteiger partial charge in [0.25, 0.3) is 0 Å². The van der Waals surface area contributed by atoms with E-state index in [1.165, 1.54) is 26.0 Å². The number of rotatable bonds is 8. The quantitative estimate of drug-likeness (QED) is 0.151. The molecule has 2 saturated heterocycles. The van der Waals surface area contributed by atoms with Gasteiger partial charge in [-0.3, -0.25) is 0 Å². The Morgan fingerprint density at radius 3 is 1.34 bits per heavy atom. The fraction of sp³-hybridized carbons (Fsp3) is 0.727. The van der Waals surface area contributed by atoms with Gasteiger partial charge in [-0.25, -0.2) is 9.59 Å². The first-order valence-electron chi connectivity index (χ1n) is 11.1. The van der Waals surface area contributed by atoms with Crippen LogP contribution in [0.3, 0.4) is 0 Å². The standard InChI is InChI=1S/C22H34O13/c1-5-9(3)19(29)33-17-11(7-23)31-21(15(27)13(17)25)35-22-16(28)14(26)18(12(8-24)32-22)34-20(30)10(4)6-2/h5-6,11-18,21-28H,7-8H2,1-4H3/b9-5-,10-6-/t11-,12-,13-,14-,15-,16-,17-,18-,21-,22-/m1/s1. The van der Waals surface area contributed by atoms with E-state index in [0.717, 1.165) is 0 Å². The third kappa shape index (κ3) is 6.64. The Morgan fingerprint density at radius 1 is 0.714 bits per heavy atom. The molecule has 0 aromatic heterocycles. The average Bonchev–Trinajstić information content (AvgIpc) is 2.86. The summed E-state index contributed by atoms with van der Waals surface area (Å²) in [5, 5.41) is 61.3. The molecular weight excluding hydrogens is 472 g/mol. The van der Waals surface area contributed by atoms with Crippen LogP contribution in [0.5, 0.6) is 0 Å². The van der Waals surface area contributed by atoms with E-state index in [4.69, 9.17) is 23.7 Å². The van der Waals surface area contributed by atoms with Crippen LogP contribution in [0.4, 0.5) is 0 Å². The first-order chi connectivity index (χ1) is 16.5. The smallest absolute Gasteiger partial charge is 0.333 e. The van der Waals surface area contributed by atoms with E-state index >= 15 is 0 Å². The Balaban J connectivity index is 2.13. The van der Waals surface area contributed by atoms with Gasteiger partial charge in [0, 0.05) is 11.1 Å². The fourth-order valence-corrected chi connectivity index (χ4v) is 3.42. The van der Waals surface area contributed by atoms with Crippen molar-refractivity contribution in [2.24, 2.45) is 0 Å². The number of carbonyl (C=O) groups excluding carboxylic acids is 2. The topological polar surface area (TPSA) is 202 Å². The zero-order valence-corrected chi connectivity index (χ0v) is 19.9. The molecule has 2 heterocycles. The largest absolute Gasteiger partial charge is 0.453 e. The Labute approximate surface area is 202 Å². The molecule has 0 bridgehead atoms. The van der Waals surface area contributed by atoms with Gasteiger partial charge in [0.15, 0.2) is 24.8 Å². The second kappa shape index (κ2) is 12.9. The van der Waals surface area contributed by atoms with Crippen LogP contribution in [0.2, 0.25) is 0 Å². The van der Waals surface area contributed by atoms with Gasteiger partial charge in [-0.15, -0.1) is 0 Å². The van der Waals surface area contributed by atoms with Gasteiger partial charge in [0.1, 0.15) is 36.6 Å². The highest BCUT2D eigenvalue weighted by atomic mass is 16.8. The van der Waals surface area contributed by atoms with Crippen molar-refractivity contribution in [1.82, 2.24) is 0 Å². The van der Waals surface area contributed by atoms with Crippen molar-refractivity contribution in [3.8, 4) is 0 Å². The summed E-state index contributed by atoms with van der Waals surface area (Å²) in [6, 6.07) is 0. The lowest BCUT2D eigenvalue weighted by molar-refractivity contribution is -0.376. The second-order valence-electron chi connectivity index (χ2n) is 8.23. The van der Waals surface area contributed by atoms with Gasteiger partial charge in [-0.05, 0) is 27.7 Å². The molecular formula is C22H34O13. The highest BCUT2D eigenvalue weighted by molar-refractivity contribution is 5.88. The molecule has 0 amide bonds. The number of hydrogen-bond acceptors (Lipinski definition) is 13. The van der Waals surface area contributed by atoms with Crippen LogP contribution in [0.15, 0.2) is 23.3 Å². The Morgan fingerprint density at radius 2 is 1.06 bits per heavy atom. The lowest BCUT2D eigenvalue weighted by atomic mass is 9.97. The molecule has 13 nitrogen and oxygen atoms in total. The lowest BCUT2D eigenvalue weighted by Gasteiger charge is -2.45. The van der Waals surface area contributed by atoms with E-state index in [-0.39, 0.29) is 11.1 Å². The SMILES string of the molecule is C/C=C(/C)C(=O)O[C@H]1[C@H](O)[C@@H](O)[C@@H](O[C@H]2O[C@H](CO)[C@@H](OC(=O)/C(C)=C\C)[C@H](O)[C@H]2O)O[C@@H]1CO. The van der Waals surface area contributed by atoms with Crippen LogP contribution in [-0.4, -0.2) is 117 Å². The number of carbonyl (C=O) groups is 2. The molecule has 13 heteroatoms. The molecule has 35 heavy (non-hydrogen) atoms. The van der Waals surface area contributed by atoms with Crippen LogP contribution >= 0.6 is 0 Å². The van der Waals surface area contributed by atoms with Crippen LogP contribution in [-0.2, 0) is 33.3 Å². The highest BCUT2D eigenvalue weighted by Crippen LogP contribution is 2.30. The molecule has 6 N–H and O–H groups in total. The van der Waals surface area contributed by atoms with E-state index in [9.17, 15) is 40.2 Å². The fourth-order valence-electron chi connectivity index (χ4n) is 3.42. The summed E-state index contributed by atoms with van der Waals surface area (Å²) in [7, 11) is 0. The first kappa shape index (κ1) is 29.3. The van der Waals surface area contributed by atoms with Crippen LogP contribution in [0.1, 0.15) is 27.7 Å². The van der Waals surface area contributed by atoms with E-state index in [0.29, 0.717) is 0 Å². The maximum absolute atomic E-state index is 12.1. The van der Waals surface area contributed by atoms with Crippen molar-refractivity contribution in [1.29, 1.82) is 0 Å². The molecule has 2 aliphatic rings. The minimum atomic E-state index is -1.82. The zero-order valence-electron chi connectivity index (χ0n) is 19.9. The minimum absolute atomic E-state index is 0.226. The molecule has 0 spiro atoms. The summed E-state index contributed by atoms with van der Waals surface area (Å²) in [6.45, 7) is 4.70. The van der Waals surface area contributed by atoms with Crippen molar-refractivity contribution in [3.63, 3.8) is 0 Å². The van der Waals surface area contributed by atoms with Gasteiger partial charge in [-0.1, -0.05) is 12.2 Å². The second-order valence-corrected chi connectivity index (χ2v) is 8.23. The van der Waals surface area contributed by atoms with Crippen LogP contribution in [0, 0.1) is 0 Å². The summed E-state index contributed by atoms with van der Waals surface area (Å²) in [5.74, 6) is -1.59. The van der Waals surface area contributed by atoms with Crippen molar-refractivity contribution < 1.29 is 63.9 Å². The summed E-state index contributed by atoms with van der Waals surface area (Å²) < 4.78 is 26.6. The highest BCUT2D eigenvalue weighted by Gasteiger charge is 2.52. The molecule has 2 rings (SSSR count). The van der Waals surface area contributed by atoms with Crippen molar-refractivity contribution in [2.45, 2.75) is 89.1 Å². The summed E-state index contributed by atoms with van der Waals surface area (Å²) in [6.07, 6.45) is -13.1. The molecule has 0 radical (unpaired) electrons. The monoisotopic (exact) mass is 506 g/mol. The molecule has 0 unspecified atom stereocenters. The van der Waals surface area contributed by atoms with Gasteiger partial charge in [0.2, 0.25) is 0 Å². The molecule has 0 aliphatic carbocycles. The maximum atomic E-state index is 12.1. The molecule has 0 aromatic carbocycles. The Hall–Kier alpha value is -1.94. The van der Waals surface area contributed by atoms with Gasteiger partial charge in [-0.2, -0.15) is 0 Å². The zero-order chi connectivity index (χ0) is 26.4.